The lowest BCUT2D eigenvalue weighted by Crippen LogP contribution is -2.51. The molecule has 3 aromatic carbocycles. The Morgan fingerprint density at radius 3 is 2.28 bits per heavy atom. The van der Waals surface area contributed by atoms with Crippen LogP contribution in [-0.4, -0.2) is 44.3 Å². The number of aryl methyl sites for hydroxylation is 1. The number of rotatable bonds is 10. The van der Waals surface area contributed by atoms with E-state index in [2.05, 4.69) is 5.32 Å². The number of likely N-dealkylation sites (N-methyl/N-ethyl adjacent to an activating group) is 1. The summed E-state index contributed by atoms with van der Waals surface area (Å²) in [5.41, 5.74) is 1.85. The Balaban J connectivity index is 2.03. The van der Waals surface area contributed by atoms with Gasteiger partial charge in [-0.3, -0.25) is 13.9 Å². The maximum Gasteiger partial charge on any atom is 0.264 e. The second kappa shape index (κ2) is 12.1. The maximum absolute atomic E-state index is 13.8. The molecule has 0 fully saturated rings. The molecule has 1 unspecified atom stereocenters. The number of hydrogen-bond donors (Lipinski definition) is 1. The topological polar surface area (TPSA) is 86.8 Å². The zero-order chi connectivity index (χ0) is 26.3. The van der Waals surface area contributed by atoms with Crippen LogP contribution in [0.25, 0.3) is 0 Å². The van der Waals surface area contributed by atoms with Gasteiger partial charge >= 0.3 is 0 Å². The summed E-state index contributed by atoms with van der Waals surface area (Å²) in [4.78, 5) is 27.9. The van der Waals surface area contributed by atoms with E-state index < -0.39 is 28.5 Å². The summed E-state index contributed by atoms with van der Waals surface area (Å²) in [6.45, 7) is 5.20. The smallest absolute Gasteiger partial charge is 0.264 e. The monoisotopic (exact) mass is 527 g/mol. The normalized spacial score (nSPS) is 12.0. The van der Waals surface area contributed by atoms with Crippen LogP contribution in [-0.2, 0) is 26.2 Å². The van der Waals surface area contributed by atoms with E-state index in [9.17, 15) is 18.0 Å². The van der Waals surface area contributed by atoms with Gasteiger partial charge in [0.15, 0.2) is 0 Å². The highest BCUT2D eigenvalue weighted by atomic mass is 35.5. The molecule has 0 heterocycles. The molecular weight excluding hydrogens is 498 g/mol. The summed E-state index contributed by atoms with van der Waals surface area (Å²) in [6, 6.07) is 21.1. The van der Waals surface area contributed by atoms with Gasteiger partial charge in [0.05, 0.1) is 10.6 Å². The third kappa shape index (κ3) is 6.44. The van der Waals surface area contributed by atoms with E-state index in [1.54, 1.807) is 74.5 Å². The van der Waals surface area contributed by atoms with Crippen molar-refractivity contribution in [3.05, 3.63) is 95.0 Å². The minimum absolute atomic E-state index is 0.0455. The van der Waals surface area contributed by atoms with Crippen molar-refractivity contribution in [1.29, 1.82) is 0 Å². The molecule has 0 saturated carbocycles. The van der Waals surface area contributed by atoms with Crippen LogP contribution in [0.2, 0.25) is 5.02 Å². The molecular formula is C27H30ClN3O4S. The molecule has 0 aliphatic rings. The highest BCUT2D eigenvalue weighted by molar-refractivity contribution is 7.92. The molecule has 0 aromatic heterocycles. The number of carbonyl (C=O) groups excluding carboxylic acids is 2. The summed E-state index contributed by atoms with van der Waals surface area (Å²) in [5, 5.41) is 3.18. The van der Waals surface area contributed by atoms with E-state index in [1.807, 2.05) is 13.0 Å². The molecule has 0 radical (unpaired) electrons. The van der Waals surface area contributed by atoms with Gasteiger partial charge in [0, 0.05) is 18.1 Å². The average molecular weight is 528 g/mol. The molecule has 0 bridgehead atoms. The SMILES string of the molecule is CCNC(=O)C(C)N(Cc1ccccc1Cl)C(=O)CN(c1cccc(C)c1)S(=O)(=O)c1ccccc1. The molecule has 1 N–H and O–H groups in total. The van der Waals surface area contributed by atoms with Crippen molar-refractivity contribution in [2.75, 3.05) is 17.4 Å². The number of nitrogens with one attached hydrogen (secondary N) is 1. The summed E-state index contributed by atoms with van der Waals surface area (Å²) in [7, 11) is -4.08. The molecule has 0 aliphatic carbocycles. The fraction of sp³-hybridized carbons (Fsp3) is 0.259. The van der Waals surface area contributed by atoms with Gasteiger partial charge in [0.2, 0.25) is 11.8 Å². The molecule has 0 aliphatic heterocycles. The highest BCUT2D eigenvalue weighted by Gasteiger charge is 2.32. The van der Waals surface area contributed by atoms with Crippen LogP contribution >= 0.6 is 11.6 Å². The Morgan fingerprint density at radius 1 is 0.972 bits per heavy atom. The van der Waals surface area contributed by atoms with Crippen LogP contribution in [0.4, 0.5) is 5.69 Å². The lowest BCUT2D eigenvalue weighted by atomic mass is 10.1. The highest BCUT2D eigenvalue weighted by Crippen LogP contribution is 2.26. The Morgan fingerprint density at radius 2 is 1.64 bits per heavy atom. The number of halogens is 1. The second-order valence-electron chi connectivity index (χ2n) is 8.35. The van der Waals surface area contributed by atoms with Gasteiger partial charge in [0.25, 0.3) is 10.0 Å². The van der Waals surface area contributed by atoms with Crippen LogP contribution in [0.3, 0.4) is 0 Å². The van der Waals surface area contributed by atoms with Gasteiger partial charge in [-0.1, -0.05) is 60.1 Å². The maximum atomic E-state index is 13.8. The Hall–Kier alpha value is -3.36. The van der Waals surface area contributed by atoms with E-state index in [1.165, 1.54) is 17.0 Å². The molecule has 190 valence electrons. The first kappa shape index (κ1) is 27.2. The summed E-state index contributed by atoms with van der Waals surface area (Å²) in [5.74, 6) is -0.874. The number of carbonyl (C=O) groups is 2. The van der Waals surface area contributed by atoms with Gasteiger partial charge in [-0.15, -0.1) is 0 Å². The van der Waals surface area contributed by atoms with Crippen molar-refractivity contribution in [2.45, 2.75) is 38.3 Å². The molecule has 0 spiro atoms. The molecule has 7 nitrogen and oxygen atoms in total. The fourth-order valence-corrected chi connectivity index (χ4v) is 5.37. The summed E-state index contributed by atoms with van der Waals surface area (Å²) in [6.07, 6.45) is 0. The van der Waals surface area contributed by atoms with Crippen LogP contribution in [0.15, 0.2) is 83.8 Å². The van der Waals surface area contributed by atoms with Gasteiger partial charge in [0.1, 0.15) is 12.6 Å². The van der Waals surface area contributed by atoms with Crippen molar-refractivity contribution >= 4 is 39.1 Å². The third-order valence-electron chi connectivity index (χ3n) is 5.72. The van der Waals surface area contributed by atoms with Gasteiger partial charge in [-0.2, -0.15) is 0 Å². The summed E-state index contributed by atoms with van der Waals surface area (Å²) >= 11 is 6.35. The van der Waals surface area contributed by atoms with E-state index in [0.29, 0.717) is 22.8 Å². The number of nitrogens with zero attached hydrogens (tertiary/aromatic N) is 2. The van der Waals surface area contributed by atoms with Gasteiger partial charge in [-0.05, 0) is 62.2 Å². The molecule has 3 rings (SSSR count). The predicted octanol–water partition coefficient (Wildman–Crippen LogP) is 4.40. The molecule has 9 heteroatoms. The summed E-state index contributed by atoms with van der Waals surface area (Å²) < 4.78 is 28.4. The first-order valence-electron chi connectivity index (χ1n) is 11.6. The number of hydrogen-bond acceptors (Lipinski definition) is 4. The van der Waals surface area contributed by atoms with E-state index >= 15 is 0 Å². The number of anilines is 1. The van der Waals surface area contributed by atoms with Crippen molar-refractivity contribution in [1.82, 2.24) is 10.2 Å². The number of benzene rings is 3. The van der Waals surface area contributed by atoms with Crippen molar-refractivity contribution in [3.63, 3.8) is 0 Å². The van der Waals surface area contributed by atoms with Crippen molar-refractivity contribution in [2.24, 2.45) is 0 Å². The number of sulfonamides is 1. The Bertz CT molecular complexity index is 1320. The van der Waals surface area contributed by atoms with E-state index in [-0.39, 0.29) is 17.3 Å². The minimum atomic E-state index is -4.08. The Labute approximate surface area is 217 Å². The molecule has 2 amide bonds. The van der Waals surface area contributed by atoms with E-state index in [0.717, 1.165) is 9.87 Å². The second-order valence-corrected chi connectivity index (χ2v) is 10.6. The number of amides is 2. The Kier molecular flexibility index (Phi) is 9.12. The zero-order valence-electron chi connectivity index (χ0n) is 20.5. The first-order chi connectivity index (χ1) is 17.1. The lowest BCUT2D eigenvalue weighted by Gasteiger charge is -2.32. The molecule has 1 atom stereocenters. The van der Waals surface area contributed by atoms with Crippen molar-refractivity contribution in [3.8, 4) is 0 Å². The quantitative estimate of drug-likeness (QED) is 0.423. The van der Waals surface area contributed by atoms with Gasteiger partial charge in [-0.25, -0.2) is 8.42 Å². The minimum Gasteiger partial charge on any atom is -0.355 e. The van der Waals surface area contributed by atoms with Gasteiger partial charge < -0.3 is 10.2 Å². The van der Waals surface area contributed by atoms with E-state index in [4.69, 9.17) is 11.6 Å². The third-order valence-corrected chi connectivity index (χ3v) is 7.87. The average Bonchev–Trinajstić information content (AvgIpc) is 2.86. The largest absolute Gasteiger partial charge is 0.355 e. The zero-order valence-corrected chi connectivity index (χ0v) is 22.1. The standard InChI is InChI=1S/C27H30ClN3O4S/c1-4-29-27(33)21(3)30(18-22-12-8-9-16-25(22)28)26(32)19-31(23-13-10-11-20(2)17-23)36(34,35)24-14-6-5-7-15-24/h5-17,21H,4,18-19H2,1-3H3,(H,29,33). The predicted molar refractivity (Wildman–Crippen MR) is 142 cm³/mol. The lowest BCUT2D eigenvalue weighted by molar-refractivity contribution is -0.139. The fourth-order valence-electron chi connectivity index (χ4n) is 3.75. The van der Waals surface area contributed by atoms with Crippen LogP contribution < -0.4 is 9.62 Å². The van der Waals surface area contributed by atoms with Crippen LogP contribution in [0.1, 0.15) is 25.0 Å². The van der Waals surface area contributed by atoms with Crippen molar-refractivity contribution < 1.29 is 18.0 Å². The molecule has 3 aromatic rings. The van der Waals surface area contributed by atoms with Crippen LogP contribution in [0.5, 0.6) is 0 Å². The first-order valence-corrected chi connectivity index (χ1v) is 13.4. The molecule has 0 saturated heterocycles. The van der Waals surface area contributed by atoms with Crippen LogP contribution in [0, 0.1) is 6.92 Å². The molecule has 36 heavy (non-hydrogen) atoms.